The van der Waals surface area contributed by atoms with Crippen LogP contribution in [0.25, 0.3) is 0 Å². The molecule has 0 saturated heterocycles. The van der Waals surface area contributed by atoms with Crippen molar-refractivity contribution in [2.24, 2.45) is 0 Å². The summed E-state index contributed by atoms with van der Waals surface area (Å²) in [5.74, 6) is 0. The highest BCUT2D eigenvalue weighted by Crippen LogP contribution is 2.22. The summed E-state index contributed by atoms with van der Waals surface area (Å²) in [5.41, 5.74) is 0.220. The molecule has 0 saturated carbocycles. The molecular weight excluding hydrogens is 244 g/mol. The van der Waals surface area contributed by atoms with Crippen LogP contribution in [0.15, 0.2) is 24.3 Å². The van der Waals surface area contributed by atoms with Crippen molar-refractivity contribution in [2.75, 3.05) is 6.54 Å². The van der Waals surface area contributed by atoms with E-state index in [0.29, 0.717) is 13.0 Å². The van der Waals surface area contributed by atoms with Crippen LogP contribution in [0.3, 0.4) is 0 Å². The number of benzene rings is 1. The maximum atomic E-state index is 10.8. The predicted octanol–water partition coefficient (Wildman–Crippen LogP) is 2.80. The fourth-order valence-electron chi connectivity index (χ4n) is 1.82. The number of hydrogen-bond acceptors (Lipinski definition) is 4. The quantitative estimate of drug-likeness (QED) is 0.588. The van der Waals surface area contributed by atoms with Gasteiger partial charge in [0.25, 0.3) is 5.69 Å². The molecule has 1 rings (SSSR count). The zero-order valence-corrected chi connectivity index (χ0v) is 11.7. The molecule has 5 nitrogen and oxygen atoms in total. The third-order valence-electron chi connectivity index (χ3n) is 3.38. The smallest absolute Gasteiger partial charge is 0.269 e. The highest BCUT2D eigenvalue weighted by molar-refractivity contribution is 5.35. The molecule has 2 unspecified atom stereocenters. The van der Waals surface area contributed by atoms with Crippen molar-refractivity contribution < 1.29 is 10.0 Å². The Bertz CT molecular complexity index is 432. The second-order valence-corrected chi connectivity index (χ2v) is 5.04. The topological polar surface area (TPSA) is 75.4 Å². The molecule has 0 aliphatic rings. The van der Waals surface area contributed by atoms with E-state index >= 15 is 0 Å². The molecule has 0 fully saturated rings. The van der Waals surface area contributed by atoms with E-state index in [9.17, 15) is 15.2 Å². The number of rotatable bonds is 7. The number of non-ortho nitro benzene ring substituents is 1. The molecule has 2 atom stereocenters. The number of hydrogen-bond donors (Lipinski definition) is 2. The lowest BCUT2D eigenvalue weighted by Gasteiger charge is -2.26. The normalized spacial score (nSPS) is 15.8. The third-order valence-corrected chi connectivity index (χ3v) is 3.38. The third kappa shape index (κ3) is 4.61. The minimum Gasteiger partial charge on any atom is -0.389 e. The van der Waals surface area contributed by atoms with Crippen LogP contribution in [0, 0.1) is 10.1 Å². The van der Waals surface area contributed by atoms with Gasteiger partial charge in [0, 0.05) is 24.7 Å². The van der Waals surface area contributed by atoms with E-state index in [0.717, 1.165) is 12.0 Å². The summed E-state index contributed by atoms with van der Waals surface area (Å²) < 4.78 is 0. The average Bonchev–Trinajstić information content (AvgIpc) is 2.39. The number of aliphatic hydroxyl groups is 1. The molecular formula is C14H22N2O3. The monoisotopic (exact) mass is 266 g/mol. The SMILES string of the molecule is CCC(NCC(C)(O)CC)c1cccc([N+](=O)[O-])c1. The van der Waals surface area contributed by atoms with Crippen LogP contribution >= 0.6 is 0 Å². The molecule has 0 bridgehead atoms. The average molecular weight is 266 g/mol. The second kappa shape index (κ2) is 6.63. The van der Waals surface area contributed by atoms with Gasteiger partial charge in [-0.1, -0.05) is 26.0 Å². The van der Waals surface area contributed by atoms with Crippen molar-refractivity contribution in [3.8, 4) is 0 Å². The fraction of sp³-hybridized carbons (Fsp3) is 0.571. The molecule has 2 N–H and O–H groups in total. The molecule has 0 aliphatic heterocycles. The Kier molecular flexibility index (Phi) is 5.44. The van der Waals surface area contributed by atoms with E-state index in [1.807, 2.05) is 19.9 Å². The molecule has 0 aliphatic carbocycles. The first-order valence-electron chi connectivity index (χ1n) is 6.59. The van der Waals surface area contributed by atoms with Crippen LogP contribution < -0.4 is 5.32 Å². The standard InChI is InChI=1S/C14H22N2O3/c1-4-13(15-10-14(3,17)5-2)11-7-6-8-12(9-11)16(18)19/h6-9,13,15,17H,4-5,10H2,1-3H3. The highest BCUT2D eigenvalue weighted by atomic mass is 16.6. The van der Waals surface area contributed by atoms with Gasteiger partial charge in [-0.2, -0.15) is 0 Å². The van der Waals surface area contributed by atoms with Gasteiger partial charge in [-0.3, -0.25) is 10.1 Å². The molecule has 1 aromatic carbocycles. The molecule has 0 radical (unpaired) electrons. The molecule has 106 valence electrons. The van der Waals surface area contributed by atoms with Crippen molar-refractivity contribution >= 4 is 5.69 Å². The van der Waals surface area contributed by atoms with Gasteiger partial charge in [0.05, 0.1) is 10.5 Å². The minimum absolute atomic E-state index is 0.0120. The lowest BCUT2D eigenvalue weighted by molar-refractivity contribution is -0.384. The summed E-state index contributed by atoms with van der Waals surface area (Å²) >= 11 is 0. The number of nitrogens with zero attached hydrogens (tertiary/aromatic N) is 1. The summed E-state index contributed by atoms with van der Waals surface area (Å²) in [5, 5.41) is 24.0. The lowest BCUT2D eigenvalue weighted by atomic mass is 10.00. The molecule has 5 heteroatoms. The number of nitrogens with one attached hydrogen (secondary N) is 1. The summed E-state index contributed by atoms with van der Waals surface area (Å²) in [6, 6.07) is 6.64. The first-order chi connectivity index (χ1) is 8.89. The molecule has 19 heavy (non-hydrogen) atoms. The van der Waals surface area contributed by atoms with E-state index in [1.165, 1.54) is 6.07 Å². The zero-order chi connectivity index (χ0) is 14.5. The maximum Gasteiger partial charge on any atom is 0.269 e. The van der Waals surface area contributed by atoms with Gasteiger partial charge in [-0.05, 0) is 25.3 Å². The Morgan fingerprint density at radius 2 is 2.16 bits per heavy atom. The molecule has 0 heterocycles. The van der Waals surface area contributed by atoms with Crippen LogP contribution in [-0.2, 0) is 0 Å². The van der Waals surface area contributed by atoms with E-state index in [-0.39, 0.29) is 11.7 Å². The summed E-state index contributed by atoms with van der Waals surface area (Å²) in [7, 11) is 0. The Labute approximate surface area is 113 Å². The van der Waals surface area contributed by atoms with Gasteiger partial charge < -0.3 is 10.4 Å². The maximum absolute atomic E-state index is 10.8. The Morgan fingerprint density at radius 3 is 2.68 bits per heavy atom. The second-order valence-electron chi connectivity index (χ2n) is 5.04. The Balaban J connectivity index is 2.80. The summed E-state index contributed by atoms with van der Waals surface area (Å²) in [4.78, 5) is 10.4. The lowest BCUT2D eigenvalue weighted by Crippen LogP contribution is -2.38. The first kappa shape index (κ1) is 15.6. The van der Waals surface area contributed by atoms with E-state index in [1.54, 1.807) is 19.1 Å². The Morgan fingerprint density at radius 1 is 1.47 bits per heavy atom. The molecule has 0 aromatic heterocycles. The van der Waals surface area contributed by atoms with Gasteiger partial charge >= 0.3 is 0 Å². The van der Waals surface area contributed by atoms with Crippen molar-refractivity contribution in [1.29, 1.82) is 0 Å². The first-order valence-corrected chi connectivity index (χ1v) is 6.59. The minimum atomic E-state index is -0.756. The predicted molar refractivity (Wildman–Crippen MR) is 75.0 cm³/mol. The highest BCUT2D eigenvalue weighted by Gasteiger charge is 2.20. The molecule has 0 amide bonds. The van der Waals surface area contributed by atoms with Gasteiger partial charge in [0.15, 0.2) is 0 Å². The van der Waals surface area contributed by atoms with Gasteiger partial charge in [0.2, 0.25) is 0 Å². The summed E-state index contributed by atoms with van der Waals surface area (Å²) in [6.45, 7) is 6.18. The van der Waals surface area contributed by atoms with E-state index < -0.39 is 10.5 Å². The zero-order valence-electron chi connectivity index (χ0n) is 11.7. The van der Waals surface area contributed by atoms with Gasteiger partial charge in [-0.25, -0.2) is 0 Å². The Hall–Kier alpha value is -1.46. The molecule has 1 aromatic rings. The largest absolute Gasteiger partial charge is 0.389 e. The van der Waals surface area contributed by atoms with Crippen molar-refractivity contribution in [2.45, 2.75) is 45.3 Å². The summed E-state index contributed by atoms with van der Waals surface area (Å²) in [6.07, 6.45) is 1.46. The van der Waals surface area contributed by atoms with E-state index in [4.69, 9.17) is 0 Å². The van der Waals surface area contributed by atoms with Crippen LogP contribution in [0.1, 0.15) is 45.2 Å². The van der Waals surface area contributed by atoms with Crippen molar-refractivity contribution in [3.63, 3.8) is 0 Å². The van der Waals surface area contributed by atoms with Crippen molar-refractivity contribution in [1.82, 2.24) is 5.32 Å². The molecule has 0 spiro atoms. The van der Waals surface area contributed by atoms with Crippen LogP contribution in [0.5, 0.6) is 0 Å². The van der Waals surface area contributed by atoms with E-state index in [2.05, 4.69) is 5.32 Å². The van der Waals surface area contributed by atoms with Gasteiger partial charge in [0.1, 0.15) is 0 Å². The van der Waals surface area contributed by atoms with Crippen LogP contribution in [0.2, 0.25) is 0 Å². The number of nitro benzene ring substituents is 1. The fourth-order valence-corrected chi connectivity index (χ4v) is 1.82. The number of nitro groups is 1. The van der Waals surface area contributed by atoms with Gasteiger partial charge in [-0.15, -0.1) is 0 Å². The van der Waals surface area contributed by atoms with Crippen LogP contribution in [-0.4, -0.2) is 22.2 Å². The van der Waals surface area contributed by atoms with Crippen molar-refractivity contribution in [3.05, 3.63) is 39.9 Å². The van der Waals surface area contributed by atoms with Crippen LogP contribution in [0.4, 0.5) is 5.69 Å².